The van der Waals surface area contributed by atoms with Crippen LogP contribution in [-0.4, -0.2) is 82.2 Å². The van der Waals surface area contributed by atoms with Crippen LogP contribution in [0.4, 0.5) is 0 Å². The lowest BCUT2D eigenvalue weighted by atomic mass is 10.1. The van der Waals surface area contributed by atoms with Gasteiger partial charge in [0.25, 0.3) is 0 Å². The monoisotopic (exact) mass is 405 g/mol. The van der Waals surface area contributed by atoms with Crippen molar-refractivity contribution >= 4 is 0 Å². The zero-order valence-corrected chi connectivity index (χ0v) is 17.9. The summed E-state index contributed by atoms with van der Waals surface area (Å²) in [4.78, 5) is 4.79. The standard InChI is InChI=1S/C22H35N3O4/c1-3-26-14-16-28-21-7-6-20(22(18-21)29-17-15-27-4-2)19-25-12-10-24(11-13-25)9-5-8-23/h6-7,18H,3-5,9-17,19H2,1-2H3. The summed E-state index contributed by atoms with van der Waals surface area (Å²) >= 11 is 0. The van der Waals surface area contributed by atoms with E-state index >= 15 is 0 Å². The minimum Gasteiger partial charge on any atom is -0.491 e. The molecule has 7 heteroatoms. The Hall–Kier alpha value is -1.85. The van der Waals surface area contributed by atoms with Crippen LogP contribution in [0.2, 0.25) is 0 Å². The van der Waals surface area contributed by atoms with Gasteiger partial charge < -0.3 is 18.9 Å². The Morgan fingerprint density at radius 3 is 2.21 bits per heavy atom. The predicted molar refractivity (Wildman–Crippen MR) is 112 cm³/mol. The van der Waals surface area contributed by atoms with Gasteiger partial charge in [0.05, 0.1) is 19.3 Å². The molecule has 1 saturated heterocycles. The summed E-state index contributed by atoms with van der Waals surface area (Å²) in [7, 11) is 0. The predicted octanol–water partition coefficient (Wildman–Crippen LogP) is 2.55. The van der Waals surface area contributed by atoms with Gasteiger partial charge in [0.15, 0.2) is 0 Å². The Bertz CT molecular complexity index is 613. The van der Waals surface area contributed by atoms with Gasteiger partial charge in [0.1, 0.15) is 24.7 Å². The second-order valence-corrected chi connectivity index (χ2v) is 6.89. The van der Waals surface area contributed by atoms with E-state index in [1.807, 2.05) is 26.0 Å². The van der Waals surface area contributed by atoms with Crippen molar-refractivity contribution in [3.63, 3.8) is 0 Å². The molecule has 0 unspecified atom stereocenters. The molecule has 29 heavy (non-hydrogen) atoms. The number of nitrogens with zero attached hydrogens (tertiary/aromatic N) is 3. The molecule has 0 saturated carbocycles. The second kappa shape index (κ2) is 14.2. The summed E-state index contributed by atoms with van der Waals surface area (Å²) in [5, 5.41) is 8.75. The van der Waals surface area contributed by atoms with E-state index in [9.17, 15) is 0 Å². The molecular formula is C22H35N3O4. The molecule has 0 bridgehead atoms. The lowest BCUT2D eigenvalue weighted by Crippen LogP contribution is -2.46. The van der Waals surface area contributed by atoms with E-state index in [-0.39, 0.29) is 0 Å². The van der Waals surface area contributed by atoms with E-state index < -0.39 is 0 Å². The first-order valence-corrected chi connectivity index (χ1v) is 10.6. The quantitative estimate of drug-likeness (QED) is 0.441. The Morgan fingerprint density at radius 2 is 1.55 bits per heavy atom. The minimum absolute atomic E-state index is 0.519. The van der Waals surface area contributed by atoms with Crippen molar-refractivity contribution in [1.29, 1.82) is 5.26 Å². The highest BCUT2D eigenvalue weighted by molar-refractivity contribution is 5.41. The van der Waals surface area contributed by atoms with E-state index in [0.717, 1.165) is 56.3 Å². The SMILES string of the molecule is CCOCCOc1ccc(CN2CCN(CCC#N)CC2)c(OCCOCC)c1. The first kappa shape index (κ1) is 23.4. The van der Waals surface area contributed by atoms with Gasteiger partial charge in [-0.1, -0.05) is 6.07 Å². The lowest BCUT2D eigenvalue weighted by Gasteiger charge is -2.34. The number of hydrogen-bond donors (Lipinski definition) is 0. The van der Waals surface area contributed by atoms with Crippen molar-refractivity contribution in [3.8, 4) is 17.6 Å². The minimum atomic E-state index is 0.519. The molecule has 1 heterocycles. The summed E-state index contributed by atoms with van der Waals surface area (Å²) in [6.45, 7) is 13.2. The van der Waals surface area contributed by atoms with Crippen molar-refractivity contribution < 1.29 is 18.9 Å². The van der Waals surface area contributed by atoms with Gasteiger partial charge in [-0.05, 0) is 19.9 Å². The molecule has 162 valence electrons. The van der Waals surface area contributed by atoms with E-state index in [1.165, 1.54) is 0 Å². The molecule has 0 aromatic heterocycles. The maximum Gasteiger partial charge on any atom is 0.127 e. The largest absolute Gasteiger partial charge is 0.491 e. The third kappa shape index (κ3) is 9.01. The van der Waals surface area contributed by atoms with Crippen LogP contribution < -0.4 is 9.47 Å². The number of rotatable bonds is 14. The molecule has 1 aliphatic heterocycles. The van der Waals surface area contributed by atoms with Gasteiger partial charge in [0, 0.05) is 70.5 Å². The summed E-state index contributed by atoms with van der Waals surface area (Å²) in [5.41, 5.74) is 1.16. The number of hydrogen-bond acceptors (Lipinski definition) is 7. The fourth-order valence-corrected chi connectivity index (χ4v) is 3.23. The maximum absolute atomic E-state index is 8.75. The van der Waals surface area contributed by atoms with E-state index in [2.05, 4.69) is 21.9 Å². The van der Waals surface area contributed by atoms with Crippen LogP contribution in [0.3, 0.4) is 0 Å². The number of nitriles is 1. The van der Waals surface area contributed by atoms with Gasteiger partial charge in [-0.25, -0.2) is 0 Å². The Labute approximate surface area is 175 Å². The maximum atomic E-state index is 8.75. The van der Waals surface area contributed by atoms with Crippen LogP contribution >= 0.6 is 0 Å². The number of benzene rings is 1. The van der Waals surface area contributed by atoms with E-state index in [1.54, 1.807) is 0 Å². The summed E-state index contributed by atoms with van der Waals surface area (Å²) in [5.74, 6) is 1.65. The summed E-state index contributed by atoms with van der Waals surface area (Å²) < 4.78 is 22.5. The van der Waals surface area contributed by atoms with Crippen LogP contribution in [-0.2, 0) is 16.0 Å². The fraction of sp³-hybridized carbons (Fsp3) is 0.682. The Kier molecular flexibility index (Phi) is 11.5. The summed E-state index contributed by atoms with van der Waals surface area (Å²) in [6.07, 6.45) is 0.600. The Morgan fingerprint density at radius 1 is 0.897 bits per heavy atom. The smallest absolute Gasteiger partial charge is 0.127 e. The first-order valence-electron chi connectivity index (χ1n) is 10.6. The van der Waals surface area contributed by atoms with Gasteiger partial charge in [-0.3, -0.25) is 9.80 Å². The van der Waals surface area contributed by atoms with Crippen LogP contribution in [0.25, 0.3) is 0 Å². The van der Waals surface area contributed by atoms with Crippen molar-refractivity contribution in [2.24, 2.45) is 0 Å². The average molecular weight is 406 g/mol. The van der Waals surface area contributed by atoms with Crippen LogP contribution in [0.5, 0.6) is 11.5 Å². The number of ether oxygens (including phenoxy) is 4. The normalized spacial score (nSPS) is 15.2. The molecule has 1 aliphatic rings. The highest BCUT2D eigenvalue weighted by Crippen LogP contribution is 2.27. The van der Waals surface area contributed by atoms with Crippen molar-refractivity contribution in [1.82, 2.24) is 9.80 Å². The van der Waals surface area contributed by atoms with Crippen LogP contribution in [0, 0.1) is 11.3 Å². The molecule has 2 rings (SSSR count). The second-order valence-electron chi connectivity index (χ2n) is 6.89. The molecule has 0 atom stereocenters. The van der Waals surface area contributed by atoms with E-state index in [4.69, 9.17) is 24.2 Å². The van der Waals surface area contributed by atoms with Gasteiger partial charge in [-0.2, -0.15) is 5.26 Å². The van der Waals surface area contributed by atoms with Crippen LogP contribution in [0.15, 0.2) is 18.2 Å². The topological polar surface area (TPSA) is 67.2 Å². The molecule has 0 radical (unpaired) electrons. The highest BCUT2D eigenvalue weighted by Gasteiger charge is 2.18. The van der Waals surface area contributed by atoms with Gasteiger partial charge in [-0.15, -0.1) is 0 Å². The zero-order valence-electron chi connectivity index (χ0n) is 17.9. The molecular weight excluding hydrogens is 370 g/mol. The highest BCUT2D eigenvalue weighted by atomic mass is 16.5. The van der Waals surface area contributed by atoms with E-state index in [0.29, 0.717) is 46.1 Å². The molecule has 1 aromatic carbocycles. The number of piperazine rings is 1. The molecule has 0 N–H and O–H groups in total. The fourth-order valence-electron chi connectivity index (χ4n) is 3.23. The lowest BCUT2D eigenvalue weighted by molar-refractivity contribution is 0.105. The zero-order chi connectivity index (χ0) is 20.7. The average Bonchev–Trinajstić information content (AvgIpc) is 2.75. The molecule has 0 aliphatic carbocycles. The van der Waals surface area contributed by atoms with Crippen molar-refractivity contribution in [2.75, 3.05) is 72.4 Å². The third-order valence-electron chi connectivity index (χ3n) is 4.83. The molecule has 7 nitrogen and oxygen atoms in total. The van der Waals surface area contributed by atoms with Gasteiger partial charge >= 0.3 is 0 Å². The molecule has 1 aromatic rings. The molecule has 0 spiro atoms. The van der Waals surface area contributed by atoms with Crippen molar-refractivity contribution in [2.45, 2.75) is 26.8 Å². The molecule has 0 amide bonds. The summed E-state index contributed by atoms with van der Waals surface area (Å²) in [6, 6.07) is 8.29. The van der Waals surface area contributed by atoms with Gasteiger partial charge in [0.2, 0.25) is 0 Å². The third-order valence-corrected chi connectivity index (χ3v) is 4.83. The molecule has 1 fully saturated rings. The van der Waals surface area contributed by atoms with Crippen molar-refractivity contribution in [3.05, 3.63) is 23.8 Å². The van der Waals surface area contributed by atoms with Crippen LogP contribution in [0.1, 0.15) is 25.8 Å². The first-order chi connectivity index (χ1) is 14.3. The Balaban J connectivity index is 1.92.